The molecule has 190 valence electrons. The van der Waals surface area contributed by atoms with Crippen molar-refractivity contribution >= 4 is 28.4 Å². The standard InChI is InChI=1S/C31H33N3O3/c1-21-8-10-24(11-9-21)29(35)33-26-12-13-27-25(17-26)18-28(30(36)32-20-31(3)14-5-15-37-31)34(27)19-23-7-4-6-22(2)16-23/h4,6-13,16-18H,5,14-15,19-20H2,1-3H3,(H,32,36)(H,33,35)/t31-/m0/s1. The molecule has 0 radical (unpaired) electrons. The predicted octanol–water partition coefficient (Wildman–Crippen LogP) is 5.86. The highest BCUT2D eigenvalue weighted by molar-refractivity contribution is 6.06. The average molecular weight is 496 g/mol. The fourth-order valence-electron chi connectivity index (χ4n) is 4.94. The molecule has 0 saturated carbocycles. The van der Waals surface area contributed by atoms with Gasteiger partial charge in [-0.1, -0.05) is 47.5 Å². The maximum Gasteiger partial charge on any atom is 0.268 e. The van der Waals surface area contributed by atoms with Gasteiger partial charge in [-0.25, -0.2) is 0 Å². The number of nitrogens with one attached hydrogen (secondary N) is 2. The lowest BCUT2D eigenvalue weighted by atomic mass is 10.0. The van der Waals surface area contributed by atoms with Crippen molar-refractivity contribution in [2.75, 3.05) is 18.5 Å². The van der Waals surface area contributed by atoms with Crippen LogP contribution in [-0.2, 0) is 11.3 Å². The van der Waals surface area contributed by atoms with Gasteiger partial charge in [-0.15, -0.1) is 0 Å². The Labute approximate surface area is 217 Å². The molecule has 1 fully saturated rings. The van der Waals surface area contributed by atoms with Crippen LogP contribution in [0.2, 0.25) is 0 Å². The largest absolute Gasteiger partial charge is 0.373 e. The van der Waals surface area contributed by atoms with Gasteiger partial charge in [0.05, 0.1) is 5.60 Å². The van der Waals surface area contributed by atoms with Gasteiger partial charge in [-0.05, 0) is 75.6 Å². The summed E-state index contributed by atoms with van der Waals surface area (Å²) in [5, 5.41) is 6.98. The highest BCUT2D eigenvalue weighted by atomic mass is 16.5. The predicted molar refractivity (Wildman–Crippen MR) is 147 cm³/mol. The first-order chi connectivity index (χ1) is 17.8. The lowest BCUT2D eigenvalue weighted by Crippen LogP contribution is -2.40. The number of carbonyl (C=O) groups is 2. The number of aryl methyl sites for hydroxylation is 2. The van der Waals surface area contributed by atoms with Gasteiger partial charge < -0.3 is 19.9 Å². The Morgan fingerprint density at radius 3 is 2.49 bits per heavy atom. The Morgan fingerprint density at radius 1 is 0.946 bits per heavy atom. The number of benzene rings is 3. The molecule has 1 saturated heterocycles. The maximum absolute atomic E-state index is 13.4. The van der Waals surface area contributed by atoms with Crippen molar-refractivity contribution in [2.24, 2.45) is 0 Å². The van der Waals surface area contributed by atoms with Crippen LogP contribution >= 0.6 is 0 Å². The maximum atomic E-state index is 13.4. The number of ether oxygens (including phenoxy) is 1. The number of aromatic nitrogens is 1. The van der Waals surface area contributed by atoms with Crippen molar-refractivity contribution in [3.8, 4) is 0 Å². The zero-order valence-electron chi connectivity index (χ0n) is 21.6. The van der Waals surface area contributed by atoms with Crippen molar-refractivity contribution in [1.29, 1.82) is 0 Å². The molecule has 0 aliphatic carbocycles. The minimum absolute atomic E-state index is 0.134. The second kappa shape index (κ2) is 10.2. The number of amides is 2. The summed E-state index contributed by atoms with van der Waals surface area (Å²) >= 11 is 0. The normalized spacial score (nSPS) is 17.2. The molecule has 5 rings (SSSR count). The molecule has 0 spiro atoms. The summed E-state index contributed by atoms with van der Waals surface area (Å²) in [6.45, 7) is 7.87. The van der Waals surface area contributed by atoms with Gasteiger partial charge in [-0.3, -0.25) is 9.59 Å². The third-order valence-electron chi connectivity index (χ3n) is 7.05. The van der Waals surface area contributed by atoms with Gasteiger partial charge in [-0.2, -0.15) is 0 Å². The van der Waals surface area contributed by atoms with E-state index in [1.165, 1.54) is 5.56 Å². The van der Waals surface area contributed by atoms with Gasteiger partial charge in [0.2, 0.25) is 0 Å². The first kappa shape index (κ1) is 24.8. The van der Waals surface area contributed by atoms with Gasteiger partial charge in [0.1, 0.15) is 5.69 Å². The minimum Gasteiger partial charge on any atom is -0.373 e. The molecule has 0 bridgehead atoms. The number of nitrogens with zero attached hydrogens (tertiary/aromatic N) is 1. The number of carbonyl (C=O) groups excluding carboxylic acids is 2. The molecule has 1 atom stereocenters. The van der Waals surface area contributed by atoms with E-state index in [4.69, 9.17) is 4.74 Å². The Morgan fingerprint density at radius 2 is 1.76 bits per heavy atom. The third kappa shape index (κ3) is 5.59. The molecule has 2 N–H and O–H groups in total. The first-order valence-electron chi connectivity index (χ1n) is 12.8. The van der Waals surface area contributed by atoms with E-state index >= 15 is 0 Å². The van der Waals surface area contributed by atoms with Crippen LogP contribution in [0.5, 0.6) is 0 Å². The van der Waals surface area contributed by atoms with Gasteiger partial charge >= 0.3 is 0 Å². The molecular formula is C31H33N3O3. The molecule has 6 heteroatoms. The van der Waals surface area contributed by atoms with Crippen molar-refractivity contribution < 1.29 is 14.3 Å². The summed E-state index contributed by atoms with van der Waals surface area (Å²) in [7, 11) is 0. The summed E-state index contributed by atoms with van der Waals surface area (Å²) in [4.78, 5) is 26.2. The molecule has 2 amide bonds. The molecule has 4 aromatic rings. The van der Waals surface area contributed by atoms with E-state index in [1.54, 1.807) is 0 Å². The minimum atomic E-state index is -0.323. The molecular weight excluding hydrogens is 462 g/mol. The molecule has 1 aromatic heterocycles. The van der Waals surface area contributed by atoms with E-state index in [1.807, 2.05) is 73.0 Å². The van der Waals surface area contributed by atoms with Crippen LogP contribution in [0.15, 0.2) is 72.8 Å². The summed E-state index contributed by atoms with van der Waals surface area (Å²) in [6, 6.07) is 23.5. The van der Waals surface area contributed by atoms with Crippen molar-refractivity contribution in [1.82, 2.24) is 9.88 Å². The van der Waals surface area contributed by atoms with Gasteiger partial charge in [0, 0.05) is 41.9 Å². The van der Waals surface area contributed by atoms with E-state index in [-0.39, 0.29) is 17.4 Å². The van der Waals surface area contributed by atoms with Crippen LogP contribution in [0.3, 0.4) is 0 Å². The number of anilines is 1. The second-order valence-electron chi connectivity index (χ2n) is 10.3. The summed E-state index contributed by atoms with van der Waals surface area (Å²) in [5.74, 6) is -0.299. The van der Waals surface area contributed by atoms with E-state index in [0.717, 1.165) is 41.5 Å². The molecule has 0 unspecified atom stereocenters. The van der Waals surface area contributed by atoms with E-state index in [0.29, 0.717) is 30.0 Å². The lowest BCUT2D eigenvalue weighted by Gasteiger charge is -2.23. The Bertz CT molecular complexity index is 1450. The molecule has 3 aromatic carbocycles. The van der Waals surface area contributed by atoms with Gasteiger partial charge in [0.25, 0.3) is 11.8 Å². The Kier molecular flexibility index (Phi) is 6.85. The number of hydrogen-bond acceptors (Lipinski definition) is 3. The second-order valence-corrected chi connectivity index (χ2v) is 10.3. The SMILES string of the molecule is Cc1ccc(C(=O)Nc2ccc3c(c2)cc(C(=O)NC[C@]2(C)CCCO2)n3Cc2cccc(C)c2)cc1. The van der Waals surface area contributed by atoms with Crippen molar-refractivity contribution in [2.45, 2.75) is 45.8 Å². The summed E-state index contributed by atoms with van der Waals surface area (Å²) in [6.07, 6.45) is 1.95. The van der Waals surface area contributed by atoms with Crippen molar-refractivity contribution in [3.05, 3.63) is 101 Å². The zero-order valence-corrected chi connectivity index (χ0v) is 21.6. The summed E-state index contributed by atoms with van der Waals surface area (Å²) in [5.41, 5.74) is 5.88. The third-order valence-corrected chi connectivity index (χ3v) is 7.05. The van der Waals surface area contributed by atoms with E-state index in [2.05, 4.69) is 35.8 Å². The van der Waals surface area contributed by atoms with Crippen LogP contribution in [-0.4, -0.2) is 35.1 Å². The van der Waals surface area contributed by atoms with E-state index in [9.17, 15) is 9.59 Å². The smallest absolute Gasteiger partial charge is 0.268 e. The Hall–Kier alpha value is -3.90. The molecule has 1 aliphatic rings. The van der Waals surface area contributed by atoms with Crippen molar-refractivity contribution in [3.63, 3.8) is 0 Å². The fraction of sp³-hybridized carbons (Fsp3) is 0.290. The first-order valence-corrected chi connectivity index (χ1v) is 12.8. The van der Waals surface area contributed by atoms with Crippen LogP contribution < -0.4 is 10.6 Å². The van der Waals surface area contributed by atoms with E-state index < -0.39 is 0 Å². The fourth-order valence-corrected chi connectivity index (χ4v) is 4.94. The summed E-state index contributed by atoms with van der Waals surface area (Å²) < 4.78 is 7.90. The van der Waals surface area contributed by atoms with Crippen LogP contribution in [0.4, 0.5) is 5.69 Å². The quantitative estimate of drug-likeness (QED) is 0.337. The zero-order chi connectivity index (χ0) is 26.0. The molecule has 1 aliphatic heterocycles. The monoisotopic (exact) mass is 495 g/mol. The van der Waals surface area contributed by atoms with Crippen LogP contribution in [0.25, 0.3) is 10.9 Å². The molecule has 2 heterocycles. The highest BCUT2D eigenvalue weighted by Gasteiger charge is 2.30. The van der Waals surface area contributed by atoms with Crippen LogP contribution in [0.1, 0.15) is 57.3 Å². The van der Waals surface area contributed by atoms with Gasteiger partial charge in [0.15, 0.2) is 0 Å². The average Bonchev–Trinajstić information content (AvgIpc) is 3.47. The molecule has 6 nitrogen and oxygen atoms in total. The topological polar surface area (TPSA) is 72.4 Å². The highest BCUT2D eigenvalue weighted by Crippen LogP contribution is 2.27. The molecule has 37 heavy (non-hydrogen) atoms. The number of hydrogen-bond donors (Lipinski definition) is 2. The number of fused-ring (bicyclic) bond motifs is 1. The lowest BCUT2D eigenvalue weighted by molar-refractivity contribution is 0.0205. The van der Waals surface area contributed by atoms with Crippen LogP contribution in [0, 0.1) is 13.8 Å². The number of rotatable bonds is 7. The Balaban J connectivity index is 1.45.